The highest BCUT2D eigenvalue weighted by molar-refractivity contribution is 5.99. The van der Waals surface area contributed by atoms with E-state index < -0.39 is 0 Å². The molecule has 0 atom stereocenters. The van der Waals surface area contributed by atoms with E-state index in [0.29, 0.717) is 0 Å². The van der Waals surface area contributed by atoms with E-state index in [4.69, 9.17) is 0 Å². The number of hydrogen-bond donors (Lipinski definition) is 1. The van der Waals surface area contributed by atoms with E-state index >= 15 is 0 Å². The van der Waals surface area contributed by atoms with Crippen LogP contribution in [0.5, 0.6) is 0 Å². The number of benzene rings is 2. The van der Waals surface area contributed by atoms with Crippen molar-refractivity contribution in [3.8, 4) is 0 Å². The van der Waals surface area contributed by atoms with Crippen LogP contribution in [0.4, 0.5) is 0 Å². The monoisotopic (exact) mass is 400 g/mol. The predicted molar refractivity (Wildman–Crippen MR) is 125 cm³/mol. The Balaban J connectivity index is 1.51. The van der Waals surface area contributed by atoms with Crippen molar-refractivity contribution >= 4 is 16.8 Å². The summed E-state index contributed by atoms with van der Waals surface area (Å²) in [6.45, 7) is 8.02. The molecular formula is C27H32N2O. The Hall–Kier alpha value is -2.81. The third kappa shape index (κ3) is 4.35. The standard InChI is InChI=1S/C27H32N2O/c1-19-8-7-11-23(16-19)18-29-21(3)20(2)25-17-24(12-13-26(25)29)27(30)28-15-14-22-9-5-4-6-10-22/h7-9,11-13,16-17H,4-6,10,14-15,18H2,1-3H3,(H,28,30). The highest BCUT2D eigenvalue weighted by Gasteiger charge is 2.14. The average Bonchev–Trinajstić information content (AvgIpc) is 2.99. The molecule has 0 aliphatic heterocycles. The molecule has 0 spiro atoms. The van der Waals surface area contributed by atoms with Crippen LogP contribution < -0.4 is 5.32 Å². The van der Waals surface area contributed by atoms with Gasteiger partial charge < -0.3 is 9.88 Å². The smallest absolute Gasteiger partial charge is 0.251 e. The van der Waals surface area contributed by atoms with E-state index in [1.165, 1.54) is 64.5 Å². The largest absolute Gasteiger partial charge is 0.352 e. The van der Waals surface area contributed by atoms with Gasteiger partial charge in [0.05, 0.1) is 0 Å². The van der Waals surface area contributed by atoms with Crippen LogP contribution in [0.25, 0.3) is 10.9 Å². The second kappa shape index (κ2) is 8.91. The quantitative estimate of drug-likeness (QED) is 0.489. The third-order valence-corrected chi connectivity index (χ3v) is 6.44. The Labute approximate surface area is 179 Å². The second-order valence-electron chi connectivity index (χ2n) is 8.63. The maximum atomic E-state index is 12.7. The Bertz CT molecular complexity index is 1100. The Morgan fingerprint density at radius 1 is 1.07 bits per heavy atom. The number of aromatic nitrogens is 1. The van der Waals surface area contributed by atoms with Gasteiger partial charge in [-0.1, -0.05) is 41.5 Å². The van der Waals surface area contributed by atoms with Gasteiger partial charge in [-0.15, -0.1) is 0 Å². The normalized spacial score (nSPS) is 14.0. The number of fused-ring (bicyclic) bond motifs is 1. The van der Waals surface area contributed by atoms with Gasteiger partial charge in [0.25, 0.3) is 5.91 Å². The van der Waals surface area contributed by atoms with Crippen molar-refractivity contribution in [2.45, 2.75) is 59.4 Å². The molecule has 30 heavy (non-hydrogen) atoms. The molecule has 0 fully saturated rings. The van der Waals surface area contributed by atoms with Gasteiger partial charge in [0, 0.05) is 35.2 Å². The number of nitrogens with zero attached hydrogens (tertiary/aromatic N) is 1. The number of carbonyl (C=O) groups excluding carboxylic acids is 1. The number of carbonyl (C=O) groups is 1. The predicted octanol–water partition coefficient (Wildman–Crippen LogP) is 6.24. The van der Waals surface area contributed by atoms with Crippen LogP contribution in [-0.4, -0.2) is 17.0 Å². The molecule has 4 rings (SSSR count). The van der Waals surface area contributed by atoms with Crippen molar-refractivity contribution in [1.82, 2.24) is 9.88 Å². The van der Waals surface area contributed by atoms with Gasteiger partial charge in [0.1, 0.15) is 0 Å². The van der Waals surface area contributed by atoms with Crippen molar-refractivity contribution in [3.05, 3.63) is 82.1 Å². The molecule has 1 aromatic heterocycles. The van der Waals surface area contributed by atoms with E-state index in [2.05, 4.69) is 73.1 Å². The van der Waals surface area contributed by atoms with Gasteiger partial charge in [0.15, 0.2) is 0 Å². The summed E-state index contributed by atoms with van der Waals surface area (Å²) in [5.41, 5.74) is 8.52. The van der Waals surface area contributed by atoms with E-state index in [-0.39, 0.29) is 5.91 Å². The molecule has 2 aromatic carbocycles. The van der Waals surface area contributed by atoms with E-state index in [1.54, 1.807) is 0 Å². The SMILES string of the molecule is Cc1cccc(Cn2c(C)c(C)c3cc(C(=O)NCCC4=CCCCC4)ccc32)c1. The number of rotatable bonds is 6. The lowest BCUT2D eigenvalue weighted by Gasteiger charge is -2.13. The number of nitrogens with one attached hydrogen (secondary N) is 1. The zero-order valence-corrected chi connectivity index (χ0v) is 18.4. The molecule has 1 amide bonds. The molecule has 0 saturated heterocycles. The zero-order valence-electron chi connectivity index (χ0n) is 18.4. The maximum Gasteiger partial charge on any atom is 0.251 e. The van der Waals surface area contributed by atoms with Crippen molar-refractivity contribution < 1.29 is 4.79 Å². The van der Waals surface area contributed by atoms with Crippen molar-refractivity contribution in [2.24, 2.45) is 0 Å². The number of allylic oxidation sites excluding steroid dienone is 1. The van der Waals surface area contributed by atoms with Crippen LogP contribution in [-0.2, 0) is 6.54 Å². The van der Waals surface area contributed by atoms with Gasteiger partial charge in [-0.2, -0.15) is 0 Å². The van der Waals surface area contributed by atoms with Crippen LogP contribution in [0.2, 0.25) is 0 Å². The van der Waals surface area contributed by atoms with Crippen LogP contribution in [0.15, 0.2) is 54.1 Å². The highest BCUT2D eigenvalue weighted by atomic mass is 16.1. The van der Waals surface area contributed by atoms with Gasteiger partial charge in [-0.3, -0.25) is 4.79 Å². The molecule has 3 heteroatoms. The fourth-order valence-electron chi connectivity index (χ4n) is 4.56. The lowest BCUT2D eigenvalue weighted by molar-refractivity contribution is 0.0954. The third-order valence-electron chi connectivity index (χ3n) is 6.44. The van der Waals surface area contributed by atoms with Crippen LogP contribution in [0.1, 0.15) is 64.8 Å². The molecule has 3 nitrogen and oxygen atoms in total. The number of amides is 1. The van der Waals surface area contributed by atoms with E-state index in [0.717, 1.165) is 25.1 Å². The number of hydrogen-bond acceptors (Lipinski definition) is 1. The summed E-state index contributed by atoms with van der Waals surface area (Å²) in [4.78, 5) is 12.7. The van der Waals surface area contributed by atoms with E-state index in [1.807, 2.05) is 6.07 Å². The Morgan fingerprint density at radius 2 is 1.93 bits per heavy atom. The van der Waals surface area contributed by atoms with E-state index in [9.17, 15) is 4.79 Å². The second-order valence-corrected chi connectivity index (χ2v) is 8.63. The minimum Gasteiger partial charge on any atom is -0.352 e. The summed E-state index contributed by atoms with van der Waals surface area (Å²) in [5, 5.41) is 4.28. The fourth-order valence-corrected chi connectivity index (χ4v) is 4.56. The first-order valence-corrected chi connectivity index (χ1v) is 11.1. The number of aryl methyl sites for hydroxylation is 2. The first-order chi connectivity index (χ1) is 14.5. The first kappa shape index (κ1) is 20.5. The van der Waals surface area contributed by atoms with Gasteiger partial charge in [-0.05, 0) is 82.2 Å². The molecule has 0 radical (unpaired) electrons. The lowest BCUT2D eigenvalue weighted by atomic mass is 9.97. The average molecular weight is 401 g/mol. The van der Waals surface area contributed by atoms with Crippen LogP contribution in [0.3, 0.4) is 0 Å². The van der Waals surface area contributed by atoms with Crippen molar-refractivity contribution in [3.63, 3.8) is 0 Å². The molecule has 0 bridgehead atoms. The van der Waals surface area contributed by atoms with Crippen LogP contribution in [0, 0.1) is 20.8 Å². The molecule has 156 valence electrons. The maximum absolute atomic E-state index is 12.7. The summed E-state index contributed by atoms with van der Waals surface area (Å²) in [5.74, 6) is 0.0248. The highest BCUT2D eigenvalue weighted by Crippen LogP contribution is 2.27. The molecule has 1 N–H and O–H groups in total. The fraction of sp³-hybridized carbons (Fsp3) is 0.370. The van der Waals surface area contributed by atoms with Gasteiger partial charge in [-0.25, -0.2) is 0 Å². The summed E-state index contributed by atoms with van der Waals surface area (Å²) in [6.07, 6.45) is 8.30. The molecule has 1 aliphatic carbocycles. The molecule has 1 heterocycles. The minimum atomic E-state index is 0.0248. The summed E-state index contributed by atoms with van der Waals surface area (Å²) < 4.78 is 2.36. The lowest BCUT2D eigenvalue weighted by Crippen LogP contribution is -2.24. The molecule has 0 unspecified atom stereocenters. The molecule has 3 aromatic rings. The first-order valence-electron chi connectivity index (χ1n) is 11.1. The Kier molecular flexibility index (Phi) is 6.08. The van der Waals surface area contributed by atoms with Crippen LogP contribution >= 0.6 is 0 Å². The van der Waals surface area contributed by atoms with Gasteiger partial charge >= 0.3 is 0 Å². The summed E-state index contributed by atoms with van der Waals surface area (Å²) in [7, 11) is 0. The Morgan fingerprint density at radius 3 is 2.70 bits per heavy atom. The summed E-state index contributed by atoms with van der Waals surface area (Å²) in [6, 6.07) is 14.8. The zero-order chi connectivity index (χ0) is 21.1. The van der Waals surface area contributed by atoms with Crippen molar-refractivity contribution in [1.29, 1.82) is 0 Å². The summed E-state index contributed by atoms with van der Waals surface area (Å²) >= 11 is 0. The minimum absolute atomic E-state index is 0.0248. The molecule has 1 aliphatic rings. The molecular weight excluding hydrogens is 368 g/mol. The van der Waals surface area contributed by atoms with Gasteiger partial charge in [0.2, 0.25) is 0 Å². The van der Waals surface area contributed by atoms with Crippen molar-refractivity contribution in [2.75, 3.05) is 6.54 Å². The molecule has 0 saturated carbocycles. The topological polar surface area (TPSA) is 34.0 Å².